The lowest BCUT2D eigenvalue weighted by Crippen LogP contribution is -2.54. The Kier molecular flexibility index (Phi) is 3.81. The van der Waals surface area contributed by atoms with Gasteiger partial charge in [-0.3, -0.25) is 0 Å². The summed E-state index contributed by atoms with van der Waals surface area (Å²) in [6.07, 6.45) is 0.649. The Hall–Kier alpha value is -1.16. The molecule has 0 aliphatic carbocycles. The lowest BCUT2D eigenvalue weighted by molar-refractivity contribution is -0.142. The van der Waals surface area contributed by atoms with E-state index in [1.54, 1.807) is 11.8 Å². The summed E-state index contributed by atoms with van der Waals surface area (Å²) in [6, 6.07) is 7.85. The monoisotopic (exact) mass is 279 g/mol. The van der Waals surface area contributed by atoms with Gasteiger partial charge in [-0.2, -0.15) is 11.8 Å². The van der Waals surface area contributed by atoms with E-state index in [-0.39, 0.29) is 5.41 Å². The molecule has 1 aliphatic rings. The van der Waals surface area contributed by atoms with Crippen molar-refractivity contribution in [3.8, 4) is 0 Å². The van der Waals surface area contributed by atoms with Gasteiger partial charge in [-0.05, 0) is 36.1 Å². The van der Waals surface area contributed by atoms with E-state index in [1.807, 2.05) is 31.2 Å². The van der Waals surface area contributed by atoms with Gasteiger partial charge in [0.1, 0.15) is 5.54 Å². The minimum Gasteiger partial charge on any atom is -0.479 e. The Labute approximate surface area is 118 Å². The molecule has 0 saturated carbocycles. The second-order valence-corrected chi connectivity index (χ2v) is 7.15. The van der Waals surface area contributed by atoms with Crippen LogP contribution in [0.25, 0.3) is 0 Å². The molecule has 1 fully saturated rings. The molecule has 1 unspecified atom stereocenters. The number of benzene rings is 1. The van der Waals surface area contributed by atoms with E-state index in [1.165, 1.54) is 0 Å². The molecule has 3 nitrogen and oxygen atoms in total. The fraction of sp³-hybridized carbons (Fsp3) is 0.533. The van der Waals surface area contributed by atoms with E-state index in [9.17, 15) is 9.90 Å². The highest BCUT2D eigenvalue weighted by molar-refractivity contribution is 7.99. The number of carboxylic acid groups (broad SMARTS) is 1. The van der Waals surface area contributed by atoms with Gasteiger partial charge in [0.15, 0.2) is 0 Å². The van der Waals surface area contributed by atoms with Gasteiger partial charge in [0.05, 0.1) is 0 Å². The molecule has 0 radical (unpaired) electrons. The highest BCUT2D eigenvalue weighted by atomic mass is 32.2. The maximum Gasteiger partial charge on any atom is 0.330 e. The molecule has 0 amide bonds. The Bertz CT molecular complexity index is 487. The first-order valence-corrected chi connectivity index (χ1v) is 7.65. The number of aryl methyl sites for hydroxylation is 1. The predicted molar refractivity (Wildman–Crippen MR) is 80.9 cm³/mol. The molecule has 0 spiro atoms. The van der Waals surface area contributed by atoms with Crippen LogP contribution in [0, 0.1) is 12.3 Å². The average Bonchev–Trinajstić information content (AvgIpc) is 2.30. The van der Waals surface area contributed by atoms with Crippen LogP contribution in [0.5, 0.6) is 0 Å². The van der Waals surface area contributed by atoms with Crippen molar-refractivity contribution in [2.45, 2.75) is 32.7 Å². The zero-order valence-corrected chi connectivity index (χ0v) is 12.5. The molecule has 1 atom stereocenters. The van der Waals surface area contributed by atoms with Gasteiger partial charge >= 0.3 is 5.97 Å². The number of aliphatic carboxylic acids is 1. The lowest BCUT2D eigenvalue weighted by Gasteiger charge is -2.42. The molecule has 2 rings (SSSR count). The van der Waals surface area contributed by atoms with Crippen molar-refractivity contribution in [2.75, 3.05) is 16.8 Å². The average molecular weight is 279 g/mol. The summed E-state index contributed by atoms with van der Waals surface area (Å²) in [5.74, 6) is 0.869. The van der Waals surface area contributed by atoms with Crippen LogP contribution in [0.3, 0.4) is 0 Å². The van der Waals surface area contributed by atoms with Gasteiger partial charge < -0.3 is 10.4 Å². The van der Waals surface area contributed by atoms with Crippen LogP contribution in [0.2, 0.25) is 0 Å². The molecule has 0 aromatic heterocycles. The summed E-state index contributed by atoms with van der Waals surface area (Å²) < 4.78 is 0. The van der Waals surface area contributed by atoms with E-state index in [4.69, 9.17) is 0 Å². The Balaban J connectivity index is 2.31. The van der Waals surface area contributed by atoms with E-state index in [2.05, 4.69) is 19.2 Å². The quantitative estimate of drug-likeness (QED) is 0.890. The smallest absolute Gasteiger partial charge is 0.330 e. The number of thioether (sulfide) groups is 1. The van der Waals surface area contributed by atoms with Crippen molar-refractivity contribution >= 4 is 23.4 Å². The fourth-order valence-electron chi connectivity index (χ4n) is 2.66. The molecule has 19 heavy (non-hydrogen) atoms. The second kappa shape index (κ2) is 5.08. The van der Waals surface area contributed by atoms with Crippen molar-refractivity contribution in [1.82, 2.24) is 0 Å². The third-order valence-electron chi connectivity index (χ3n) is 3.55. The number of rotatable bonds is 3. The third-order valence-corrected chi connectivity index (χ3v) is 5.23. The highest BCUT2D eigenvalue weighted by Crippen LogP contribution is 2.41. The summed E-state index contributed by atoms with van der Waals surface area (Å²) in [4.78, 5) is 11.8. The first-order valence-electron chi connectivity index (χ1n) is 6.50. The first kappa shape index (κ1) is 14.3. The molecule has 0 bridgehead atoms. The molecular weight excluding hydrogens is 258 g/mol. The Morgan fingerprint density at radius 2 is 2.00 bits per heavy atom. The highest BCUT2D eigenvalue weighted by Gasteiger charge is 2.46. The first-order chi connectivity index (χ1) is 8.85. The zero-order chi connectivity index (χ0) is 14.1. The SMILES string of the molecule is Cc1ccccc1NC1(C(=O)O)CSCC(C)(C)C1. The van der Waals surface area contributed by atoms with E-state index < -0.39 is 11.5 Å². The number of nitrogens with one attached hydrogen (secondary N) is 1. The molecule has 1 aromatic rings. The van der Waals surface area contributed by atoms with Gasteiger partial charge in [0, 0.05) is 11.4 Å². The molecule has 104 valence electrons. The van der Waals surface area contributed by atoms with Crippen LogP contribution < -0.4 is 5.32 Å². The maximum absolute atomic E-state index is 11.8. The molecule has 2 N–H and O–H groups in total. The molecular formula is C15H21NO2S. The Morgan fingerprint density at radius 3 is 2.58 bits per heavy atom. The van der Waals surface area contributed by atoms with Crippen molar-refractivity contribution < 1.29 is 9.90 Å². The number of carboxylic acids is 1. The van der Waals surface area contributed by atoms with Gasteiger partial charge in [-0.15, -0.1) is 0 Å². The molecule has 1 aliphatic heterocycles. The standard InChI is InChI=1S/C15H21NO2S/c1-11-6-4-5-7-12(11)16-15(13(17)18)8-14(2,3)9-19-10-15/h4-7,16H,8-10H2,1-3H3,(H,17,18). The summed E-state index contributed by atoms with van der Waals surface area (Å²) in [5, 5.41) is 13.0. The summed E-state index contributed by atoms with van der Waals surface area (Å²) >= 11 is 1.72. The Morgan fingerprint density at radius 1 is 1.32 bits per heavy atom. The zero-order valence-electron chi connectivity index (χ0n) is 11.7. The van der Waals surface area contributed by atoms with E-state index in [0.717, 1.165) is 17.0 Å². The normalized spacial score (nSPS) is 25.8. The summed E-state index contributed by atoms with van der Waals surface area (Å²) in [7, 11) is 0. The third kappa shape index (κ3) is 3.06. The van der Waals surface area contributed by atoms with Crippen molar-refractivity contribution in [3.63, 3.8) is 0 Å². The van der Waals surface area contributed by atoms with E-state index >= 15 is 0 Å². The van der Waals surface area contributed by atoms with Crippen molar-refractivity contribution in [1.29, 1.82) is 0 Å². The minimum absolute atomic E-state index is 0.0387. The van der Waals surface area contributed by atoms with E-state index in [0.29, 0.717) is 12.2 Å². The lowest BCUT2D eigenvalue weighted by atomic mass is 9.79. The maximum atomic E-state index is 11.8. The van der Waals surface area contributed by atoms with Crippen LogP contribution in [0.15, 0.2) is 24.3 Å². The number of anilines is 1. The summed E-state index contributed by atoms with van der Waals surface area (Å²) in [6.45, 7) is 6.27. The number of para-hydroxylation sites is 1. The predicted octanol–water partition coefficient (Wildman–Crippen LogP) is 3.39. The van der Waals surface area contributed by atoms with Crippen LogP contribution in [-0.2, 0) is 4.79 Å². The number of hydrogen-bond acceptors (Lipinski definition) is 3. The van der Waals surface area contributed by atoms with Crippen molar-refractivity contribution in [2.24, 2.45) is 5.41 Å². The molecule has 1 saturated heterocycles. The van der Waals surface area contributed by atoms with Crippen molar-refractivity contribution in [3.05, 3.63) is 29.8 Å². The van der Waals surface area contributed by atoms with Crippen LogP contribution >= 0.6 is 11.8 Å². The second-order valence-electron chi connectivity index (χ2n) is 6.16. The molecule has 4 heteroatoms. The summed E-state index contributed by atoms with van der Waals surface area (Å²) in [5.41, 5.74) is 1.18. The van der Waals surface area contributed by atoms with Gasteiger partial charge in [0.2, 0.25) is 0 Å². The largest absolute Gasteiger partial charge is 0.479 e. The van der Waals surface area contributed by atoms with Crippen LogP contribution in [0.4, 0.5) is 5.69 Å². The van der Waals surface area contributed by atoms with Gasteiger partial charge in [0.25, 0.3) is 0 Å². The van der Waals surface area contributed by atoms with Gasteiger partial charge in [-0.1, -0.05) is 32.0 Å². The van der Waals surface area contributed by atoms with Crippen LogP contribution in [0.1, 0.15) is 25.8 Å². The van der Waals surface area contributed by atoms with Gasteiger partial charge in [-0.25, -0.2) is 4.79 Å². The number of carbonyl (C=O) groups is 1. The molecule has 1 heterocycles. The number of hydrogen-bond donors (Lipinski definition) is 2. The topological polar surface area (TPSA) is 49.3 Å². The van der Waals surface area contributed by atoms with Crippen LogP contribution in [-0.4, -0.2) is 28.1 Å². The molecule has 1 aromatic carbocycles. The fourth-order valence-corrected chi connectivity index (χ4v) is 4.07. The minimum atomic E-state index is -0.863.